The fourth-order valence-corrected chi connectivity index (χ4v) is 5.23. The van der Waals surface area contributed by atoms with E-state index >= 15 is 0 Å². The van der Waals surface area contributed by atoms with E-state index in [0.717, 1.165) is 71.3 Å². The third-order valence-corrected chi connectivity index (χ3v) is 7.21. The normalized spacial score (nSPS) is 13.9. The lowest BCUT2D eigenvalue weighted by Gasteiger charge is -2.36. The molecule has 0 spiro atoms. The number of para-hydroxylation sites is 1. The average Bonchev–Trinajstić information content (AvgIpc) is 3.24. The first-order valence-electron chi connectivity index (χ1n) is 12.5. The van der Waals surface area contributed by atoms with Gasteiger partial charge in [-0.3, -0.25) is 4.79 Å². The van der Waals surface area contributed by atoms with Gasteiger partial charge in [0.25, 0.3) is 0 Å². The number of hydrogen-bond donors (Lipinski definition) is 0. The lowest BCUT2D eigenvalue weighted by molar-refractivity contribution is -0.131. The summed E-state index contributed by atoms with van der Waals surface area (Å²) in [5.41, 5.74) is 7.26. The number of amides is 1. The molecule has 1 aliphatic rings. The number of ether oxygens (including phenoxy) is 1. The molecule has 0 saturated carbocycles. The molecule has 7 nitrogen and oxygen atoms in total. The second-order valence-electron chi connectivity index (χ2n) is 9.40. The van der Waals surface area contributed by atoms with E-state index in [1.165, 1.54) is 5.56 Å². The first-order valence-corrected chi connectivity index (χ1v) is 12.5. The van der Waals surface area contributed by atoms with Crippen LogP contribution in [0.2, 0.25) is 0 Å². The molecular weight excluding hydrogens is 450 g/mol. The van der Waals surface area contributed by atoms with E-state index in [4.69, 9.17) is 14.8 Å². The highest BCUT2D eigenvalue weighted by Crippen LogP contribution is 2.28. The van der Waals surface area contributed by atoms with Crippen molar-refractivity contribution in [2.75, 3.05) is 38.2 Å². The zero-order chi connectivity index (χ0) is 25.2. The summed E-state index contributed by atoms with van der Waals surface area (Å²) in [5.74, 6) is 1.06. The standard InChI is InChI=1S/C29H33N5O2/c1-20-26(21(2)30-29-28(20)22(3)31-34(29)23-9-6-5-7-10-23)13-14-27(35)33-17-15-32(16-18-33)24-11-8-12-25(19-24)36-4/h5-12,19H,13-18H2,1-4H3. The number of aryl methyl sites for hydroxylation is 3. The first-order chi connectivity index (χ1) is 17.5. The molecule has 2 aromatic carbocycles. The number of carbonyl (C=O) groups is 1. The van der Waals surface area contributed by atoms with Crippen LogP contribution in [0.15, 0.2) is 54.6 Å². The van der Waals surface area contributed by atoms with E-state index < -0.39 is 0 Å². The van der Waals surface area contributed by atoms with Crippen LogP contribution in [0.1, 0.15) is 28.9 Å². The summed E-state index contributed by atoms with van der Waals surface area (Å²) in [6.07, 6.45) is 1.17. The number of carbonyl (C=O) groups excluding carboxylic acids is 1. The second-order valence-corrected chi connectivity index (χ2v) is 9.40. The molecule has 3 heterocycles. The number of nitrogens with zero attached hydrogens (tertiary/aromatic N) is 5. The smallest absolute Gasteiger partial charge is 0.223 e. The average molecular weight is 484 g/mol. The summed E-state index contributed by atoms with van der Waals surface area (Å²) in [7, 11) is 1.68. The van der Waals surface area contributed by atoms with Crippen LogP contribution in [-0.4, -0.2) is 58.9 Å². The molecule has 0 unspecified atom stereocenters. The van der Waals surface area contributed by atoms with Crippen molar-refractivity contribution in [1.29, 1.82) is 0 Å². The van der Waals surface area contributed by atoms with Crippen LogP contribution in [-0.2, 0) is 11.2 Å². The van der Waals surface area contributed by atoms with Crippen molar-refractivity contribution in [2.45, 2.75) is 33.6 Å². The van der Waals surface area contributed by atoms with E-state index in [0.29, 0.717) is 12.8 Å². The lowest BCUT2D eigenvalue weighted by atomic mass is 9.99. The molecule has 0 atom stereocenters. The Labute approximate surface area is 212 Å². The van der Waals surface area contributed by atoms with Crippen molar-refractivity contribution in [3.05, 3.63) is 77.1 Å². The SMILES string of the molecule is COc1cccc(N2CCN(C(=O)CCc3c(C)nc4c(c(C)nn4-c4ccccc4)c3C)CC2)c1. The van der Waals surface area contributed by atoms with Crippen LogP contribution in [0.25, 0.3) is 16.7 Å². The summed E-state index contributed by atoms with van der Waals surface area (Å²) in [5, 5.41) is 5.86. The topological polar surface area (TPSA) is 63.5 Å². The van der Waals surface area contributed by atoms with Crippen molar-refractivity contribution < 1.29 is 9.53 Å². The van der Waals surface area contributed by atoms with Crippen molar-refractivity contribution >= 4 is 22.6 Å². The Kier molecular flexibility index (Phi) is 6.63. The van der Waals surface area contributed by atoms with E-state index in [1.54, 1.807) is 7.11 Å². The molecule has 7 heteroatoms. The first kappa shape index (κ1) is 23.9. The maximum atomic E-state index is 13.1. The highest BCUT2D eigenvalue weighted by atomic mass is 16.5. The number of anilines is 1. The second kappa shape index (κ2) is 10.0. The van der Waals surface area contributed by atoms with Crippen molar-refractivity contribution in [2.24, 2.45) is 0 Å². The van der Waals surface area contributed by atoms with E-state index in [9.17, 15) is 4.79 Å². The molecule has 0 N–H and O–H groups in total. The van der Waals surface area contributed by atoms with E-state index in [2.05, 4.69) is 17.9 Å². The van der Waals surface area contributed by atoms with Crippen LogP contribution >= 0.6 is 0 Å². The van der Waals surface area contributed by atoms with Crippen LogP contribution in [0.3, 0.4) is 0 Å². The zero-order valence-corrected chi connectivity index (χ0v) is 21.5. The number of rotatable bonds is 6. The highest BCUT2D eigenvalue weighted by Gasteiger charge is 2.23. The minimum absolute atomic E-state index is 0.205. The van der Waals surface area contributed by atoms with Crippen molar-refractivity contribution in [3.8, 4) is 11.4 Å². The fourth-order valence-electron chi connectivity index (χ4n) is 5.23. The van der Waals surface area contributed by atoms with E-state index in [-0.39, 0.29) is 5.91 Å². The molecule has 36 heavy (non-hydrogen) atoms. The summed E-state index contributed by atoms with van der Waals surface area (Å²) >= 11 is 0. The summed E-state index contributed by atoms with van der Waals surface area (Å²) in [4.78, 5) is 22.4. The molecule has 0 bridgehead atoms. The van der Waals surface area contributed by atoms with Gasteiger partial charge in [-0.1, -0.05) is 24.3 Å². The Balaban J connectivity index is 1.27. The molecule has 0 aliphatic carbocycles. The van der Waals surface area contributed by atoms with Gasteiger partial charge in [-0.05, 0) is 62.6 Å². The quantitative estimate of drug-likeness (QED) is 0.400. The van der Waals surface area contributed by atoms with Crippen LogP contribution < -0.4 is 9.64 Å². The van der Waals surface area contributed by atoms with Crippen LogP contribution in [0.4, 0.5) is 5.69 Å². The molecule has 1 fully saturated rings. The molecule has 4 aromatic rings. The van der Waals surface area contributed by atoms with Crippen molar-refractivity contribution in [3.63, 3.8) is 0 Å². The van der Waals surface area contributed by atoms with Crippen LogP contribution in [0.5, 0.6) is 5.75 Å². The Morgan fingerprint density at radius 2 is 1.64 bits per heavy atom. The number of pyridine rings is 1. The Morgan fingerprint density at radius 3 is 2.36 bits per heavy atom. The van der Waals surface area contributed by atoms with Gasteiger partial charge in [0.15, 0.2) is 5.65 Å². The number of benzene rings is 2. The fraction of sp³-hybridized carbons (Fsp3) is 0.345. The molecule has 0 radical (unpaired) electrons. The third-order valence-electron chi connectivity index (χ3n) is 7.21. The van der Waals surface area contributed by atoms with Gasteiger partial charge in [0, 0.05) is 55.4 Å². The van der Waals surface area contributed by atoms with Gasteiger partial charge < -0.3 is 14.5 Å². The number of hydrogen-bond acceptors (Lipinski definition) is 5. The predicted molar refractivity (Wildman–Crippen MR) is 143 cm³/mol. The van der Waals surface area contributed by atoms with Gasteiger partial charge in [0.2, 0.25) is 5.91 Å². The molecule has 1 amide bonds. The Hall–Kier alpha value is -3.87. The van der Waals surface area contributed by atoms with E-state index in [1.807, 2.05) is 72.0 Å². The largest absolute Gasteiger partial charge is 0.497 e. The number of piperazine rings is 1. The predicted octanol–water partition coefficient (Wildman–Crippen LogP) is 4.64. The molecule has 186 valence electrons. The lowest BCUT2D eigenvalue weighted by Crippen LogP contribution is -2.48. The number of fused-ring (bicyclic) bond motifs is 1. The Bertz CT molecular complexity index is 1390. The third kappa shape index (κ3) is 4.53. The zero-order valence-electron chi connectivity index (χ0n) is 21.5. The summed E-state index contributed by atoms with van der Waals surface area (Å²) < 4.78 is 7.27. The van der Waals surface area contributed by atoms with Crippen molar-refractivity contribution in [1.82, 2.24) is 19.7 Å². The number of methoxy groups -OCH3 is 1. The molecule has 5 rings (SSSR count). The molecular formula is C29H33N5O2. The molecule has 1 aliphatic heterocycles. The molecule has 2 aromatic heterocycles. The van der Waals surface area contributed by atoms with Gasteiger partial charge in [0.05, 0.1) is 18.5 Å². The highest BCUT2D eigenvalue weighted by molar-refractivity contribution is 5.85. The minimum Gasteiger partial charge on any atom is -0.497 e. The van der Waals surface area contributed by atoms with Gasteiger partial charge >= 0.3 is 0 Å². The van der Waals surface area contributed by atoms with Gasteiger partial charge in [0.1, 0.15) is 5.75 Å². The van der Waals surface area contributed by atoms with Gasteiger partial charge in [-0.2, -0.15) is 5.10 Å². The monoisotopic (exact) mass is 483 g/mol. The van der Waals surface area contributed by atoms with Crippen LogP contribution in [0, 0.1) is 20.8 Å². The number of aromatic nitrogens is 3. The summed E-state index contributed by atoms with van der Waals surface area (Å²) in [6, 6.07) is 18.2. The maximum absolute atomic E-state index is 13.1. The maximum Gasteiger partial charge on any atom is 0.223 e. The minimum atomic E-state index is 0.205. The van der Waals surface area contributed by atoms with Gasteiger partial charge in [-0.25, -0.2) is 9.67 Å². The Morgan fingerprint density at radius 1 is 0.917 bits per heavy atom. The summed E-state index contributed by atoms with van der Waals surface area (Å²) in [6.45, 7) is 9.31. The van der Waals surface area contributed by atoms with Gasteiger partial charge in [-0.15, -0.1) is 0 Å². The molecule has 1 saturated heterocycles.